The van der Waals surface area contributed by atoms with Gasteiger partial charge in [0.1, 0.15) is 18.2 Å². The first-order valence-corrected chi connectivity index (χ1v) is 10.2. The molecule has 6 heteroatoms. The Morgan fingerprint density at radius 1 is 1.24 bits per heavy atom. The average molecular weight is 400 g/mol. The van der Waals surface area contributed by atoms with Crippen LogP contribution >= 0.6 is 0 Å². The Kier molecular flexibility index (Phi) is 7.47. The van der Waals surface area contributed by atoms with Crippen LogP contribution in [0.4, 0.5) is 9.18 Å². The molecule has 2 unspecified atom stereocenters. The van der Waals surface area contributed by atoms with Crippen molar-refractivity contribution in [3.05, 3.63) is 65.5 Å². The van der Waals surface area contributed by atoms with Gasteiger partial charge in [0.15, 0.2) is 0 Å². The van der Waals surface area contributed by atoms with Crippen LogP contribution in [0.3, 0.4) is 0 Å². The van der Waals surface area contributed by atoms with Gasteiger partial charge in [-0.15, -0.1) is 0 Å². The van der Waals surface area contributed by atoms with E-state index in [2.05, 4.69) is 5.32 Å². The predicted octanol–water partition coefficient (Wildman–Crippen LogP) is 4.68. The second kappa shape index (κ2) is 10.3. The number of carbonyl (C=O) groups excluding carboxylic acids is 1. The summed E-state index contributed by atoms with van der Waals surface area (Å²) in [6, 6.07) is 13.7. The number of rotatable bonds is 8. The van der Waals surface area contributed by atoms with E-state index in [4.69, 9.17) is 9.47 Å². The minimum absolute atomic E-state index is 0.0767. The molecule has 5 nitrogen and oxygen atoms in total. The van der Waals surface area contributed by atoms with E-state index in [1.54, 1.807) is 17.0 Å². The molecule has 0 bridgehead atoms. The number of hydrogen-bond donors (Lipinski definition) is 1. The fourth-order valence-corrected chi connectivity index (χ4v) is 3.35. The van der Waals surface area contributed by atoms with E-state index in [0.29, 0.717) is 19.7 Å². The minimum atomic E-state index is -0.258. The first kappa shape index (κ1) is 21.1. The molecule has 1 heterocycles. The molecule has 0 radical (unpaired) electrons. The molecular weight excluding hydrogens is 371 g/mol. The van der Waals surface area contributed by atoms with Crippen LogP contribution in [0.2, 0.25) is 0 Å². The van der Waals surface area contributed by atoms with E-state index in [0.717, 1.165) is 36.3 Å². The van der Waals surface area contributed by atoms with Gasteiger partial charge in [-0.05, 0) is 62.1 Å². The number of benzene rings is 2. The number of nitrogens with zero attached hydrogens (tertiary/aromatic N) is 1. The molecule has 2 aromatic rings. The Balaban J connectivity index is 1.50. The number of carbonyl (C=O) groups is 1. The van der Waals surface area contributed by atoms with Crippen molar-refractivity contribution in [1.29, 1.82) is 0 Å². The Hall–Kier alpha value is -2.60. The smallest absolute Gasteiger partial charge is 0.317 e. The van der Waals surface area contributed by atoms with E-state index >= 15 is 0 Å². The second-order valence-electron chi connectivity index (χ2n) is 7.33. The number of ether oxygens (including phenoxy) is 2. The third-order valence-corrected chi connectivity index (χ3v) is 5.16. The van der Waals surface area contributed by atoms with Crippen LogP contribution in [0.5, 0.6) is 5.75 Å². The molecule has 1 aliphatic heterocycles. The molecule has 1 saturated heterocycles. The molecule has 1 N–H and O–H groups in total. The van der Waals surface area contributed by atoms with Gasteiger partial charge in [-0.1, -0.05) is 24.3 Å². The normalized spacial score (nSPS) is 17.0. The van der Waals surface area contributed by atoms with Crippen LogP contribution in [-0.2, 0) is 11.3 Å². The van der Waals surface area contributed by atoms with E-state index in [-0.39, 0.29) is 24.0 Å². The zero-order valence-corrected chi connectivity index (χ0v) is 17.1. The summed E-state index contributed by atoms with van der Waals surface area (Å²) in [4.78, 5) is 14.4. The van der Waals surface area contributed by atoms with Crippen molar-refractivity contribution in [2.45, 2.75) is 45.4 Å². The van der Waals surface area contributed by atoms with Crippen molar-refractivity contribution >= 4 is 6.03 Å². The lowest BCUT2D eigenvalue weighted by atomic mass is 10.1. The highest BCUT2D eigenvalue weighted by Gasteiger charge is 2.22. The third-order valence-electron chi connectivity index (χ3n) is 5.16. The average Bonchev–Trinajstić information content (AvgIpc) is 3.25. The SMILES string of the molecule is CCN(CC1CCCO1)C(=O)NC(C)c1ccc(OCc2ccc(F)cc2)cc1. The molecule has 2 atom stereocenters. The molecule has 29 heavy (non-hydrogen) atoms. The molecule has 0 aliphatic carbocycles. The lowest BCUT2D eigenvalue weighted by Gasteiger charge is -2.26. The summed E-state index contributed by atoms with van der Waals surface area (Å²) < 4.78 is 24.3. The second-order valence-corrected chi connectivity index (χ2v) is 7.33. The largest absolute Gasteiger partial charge is 0.489 e. The van der Waals surface area contributed by atoms with E-state index in [9.17, 15) is 9.18 Å². The lowest BCUT2D eigenvalue weighted by molar-refractivity contribution is 0.0822. The number of likely N-dealkylation sites (N-methyl/N-ethyl adjacent to an activating group) is 1. The molecule has 1 aliphatic rings. The number of urea groups is 1. The highest BCUT2D eigenvalue weighted by Crippen LogP contribution is 2.19. The van der Waals surface area contributed by atoms with Gasteiger partial charge in [0.05, 0.1) is 12.1 Å². The van der Waals surface area contributed by atoms with Crippen molar-refractivity contribution < 1.29 is 18.7 Å². The summed E-state index contributed by atoms with van der Waals surface area (Å²) >= 11 is 0. The first-order valence-electron chi connectivity index (χ1n) is 10.2. The number of hydrogen-bond acceptors (Lipinski definition) is 3. The fourth-order valence-electron chi connectivity index (χ4n) is 3.35. The maximum absolute atomic E-state index is 13.0. The standard InChI is InChI=1S/C23H29FN2O3/c1-3-26(15-22-5-4-14-28-22)23(27)25-17(2)19-8-12-21(13-9-19)29-16-18-6-10-20(24)11-7-18/h6-13,17,22H,3-5,14-16H2,1-2H3,(H,25,27). The molecule has 1 fully saturated rings. The number of amides is 2. The predicted molar refractivity (Wildman–Crippen MR) is 110 cm³/mol. The van der Waals surface area contributed by atoms with Crippen LogP contribution in [0.1, 0.15) is 43.9 Å². The Morgan fingerprint density at radius 2 is 1.97 bits per heavy atom. The zero-order valence-electron chi connectivity index (χ0n) is 17.1. The van der Waals surface area contributed by atoms with Gasteiger partial charge in [0.25, 0.3) is 0 Å². The van der Waals surface area contributed by atoms with Crippen molar-refractivity contribution in [2.75, 3.05) is 19.7 Å². The molecule has 0 spiro atoms. The molecule has 2 amide bonds. The van der Waals surface area contributed by atoms with Gasteiger partial charge in [-0.3, -0.25) is 0 Å². The van der Waals surface area contributed by atoms with Crippen molar-refractivity contribution in [3.63, 3.8) is 0 Å². The van der Waals surface area contributed by atoms with Crippen molar-refractivity contribution in [3.8, 4) is 5.75 Å². The van der Waals surface area contributed by atoms with E-state index in [1.165, 1.54) is 12.1 Å². The lowest BCUT2D eigenvalue weighted by Crippen LogP contribution is -2.44. The summed E-state index contributed by atoms with van der Waals surface area (Å²) in [5.74, 6) is 0.469. The van der Waals surface area contributed by atoms with Crippen LogP contribution < -0.4 is 10.1 Å². The summed E-state index contributed by atoms with van der Waals surface area (Å²) in [6.07, 6.45) is 2.22. The van der Waals surface area contributed by atoms with E-state index < -0.39 is 0 Å². The first-order chi connectivity index (χ1) is 14.0. The topological polar surface area (TPSA) is 50.8 Å². The van der Waals surface area contributed by atoms with Crippen molar-refractivity contribution in [2.24, 2.45) is 0 Å². The summed E-state index contributed by atoms with van der Waals surface area (Å²) in [7, 11) is 0. The highest BCUT2D eigenvalue weighted by atomic mass is 19.1. The van der Waals surface area contributed by atoms with E-state index in [1.807, 2.05) is 38.1 Å². The van der Waals surface area contributed by atoms with Crippen LogP contribution in [-0.4, -0.2) is 36.7 Å². The fraction of sp³-hybridized carbons (Fsp3) is 0.435. The molecule has 156 valence electrons. The summed E-state index contributed by atoms with van der Waals surface area (Å²) in [6.45, 7) is 6.38. The maximum atomic E-state index is 13.0. The van der Waals surface area contributed by atoms with Crippen LogP contribution in [0.25, 0.3) is 0 Å². The van der Waals surface area contributed by atoms with Gasteiger partial charge >= 0.3 is 6.03 Å². The van der Waals surface area contributed by atoms with Crippen LogP contribution in [0.15, 0.2) is 48.5 Å². The van der Waals surface area contributed by atoms with Gasteiger partial charge in [-0.25, -0.2) is 9.18 Å². The molecule has 0 saturated carbocycles. The van der Waals surface area contributed by atoms with Crippen LogP contribution in [0, 0.1) is 5.82 Å². The van der Waals surface area contributed by atoms with Gasteiger partial charge < -0.3 is 19.7 Å². The number of nitrogens with one attached hydrogen (secondary N) is 1. The summed E-state index contributed by atoms with van der Waals surface area (Å²) in [5.41, 5.74) is 1.91. The monoisotopic (exact) mass is 400 g/mol. The quantitative estimate of drug-likeness (QED) is 0.700. The highest BCUT2D eigenvalue weighted by molar-refractivity contribution is 5.74. The van der Waals surface area contributed by atoms with Gasteiger partial charge in [0.2, 0.25) is 0 Å². The Morgan fingerprint density at radius 3 is 2.59 bits per heavy atom. The summed E-state index contributed by atoms with van der Waals surface area (Å²) in [5, 5.41) is 3.06. The maximum Gasteiger partial charge on any atom is 0.317 e. The van der Waals surface area contributed by atoms with Gasteiger partial charge in [0, 0.05) is 19.7 Å². The number of halogens is 1. The minimum Gasteiger partial charge on any atom is -0.489 e. The van der Waals surface area contributed by atoms with Crippen molar-refractivity contribution in [1.82, 2.24) is 10.2 Å². The Bertz CT molecular complexity index is 774. The molecule has 0 aromatic heterocycles. The Labute approximate surface area is 171 Å². The molecule has 2 aromatic carbocycles. The molecule has 3 rings (SSSR count). The zero-order chi connectivity index (χ0) is 20.6. The van der Waals surface area contributed by atoms with Gasteiger partial charge in [-0.2, -0.15) is 0 Å². The third kappa shape index (κ3) is 6.19. The molecular formula is C23H29FN2O3.